The van der Waals surface area contributed by atoms with E-state index in [1.54, 1.807) is 0 Å². The first-order chi connectivity index (χ1) is 24.6. The van der Waals surface area contributed by atoms with E-state index in [9.17, 15) is 5.26 Å². The molecule has 5 heteroatoms. The lowest BCUT2D eigenvalue weighted by atomic mass is 10.0. The maximum Gasteiger partial charge on any atom is 0.189 e. The summed E-state index contributed by atoms with van der Waals surface area (Å²) in [5.41, 5.74) is 6.31. The Morgan fingerprint density at radius 2 is 0.980 bits per heavy atom. The predicted octanol–water partition coefficient (Wildman–Crippen LogP) is 8.80. The molecule has 0 amide bonds. The predicted molar refractivity (Wildman–Crippen MR) is 207 cm³/mol. The van der Waals surface area contributed by atoms with Gasteiger partial charge in [-0.3, -0.25) is 0 Å². The minimum atomic E-state index is -2.69. The number of rotatable bonds is 6. The van der Waals surface area contributed by atoms with Gasteiger partial charge in [-0.2, -0.15) is 5.26 Å². The van der Waals surface area contributed by atoms with Crippen LogP contribution >= 0.6 is 0 Å². The summed E-state index contributed by atoms with van der Waals surface area (Å²) in [6.45, 7) is 15.5. The van der Waals surface area contributed by atoms with E-state index in [1.807, 2.05) is 54.6 Å². The average Bonchev–Trinajstić information content (AvgIpc) is 3.52. The van der Waals surface area contributed by atoms with Crippen LogP contribution in [0.5, 0.6) is 0 Å². The van der Waals surface area contributed by atoms with Crippen LogP contribution < -0.4 is 20.7 Å². The fourth-order valence-electron chi connectivity index (χ4n) is 7.39. The van der Waals surface area contributed by atoms with Gasteiger partial charge in [0.1, 0.15) is 0 Å². The van der Waals surface area contributed by atoms with E-state index in [0.717, 1.165) is 38.6 Å². The second kappa shape index (κ2) is 12.6. The molecular formula is C45H28N4Si. The van der Waals surface area contributed by atoms with Crippen LogP contribution in [-0.2, 0) is 0 Å². The summed E-state index contributed by atoms with van der Waals surface area (Å²) in [4.78, 5) is 7.47. The number of fused-ring (bicyclic) bond motifs is 3. The molecule has 4 nitrogen and oxygen atoms in total. The van der Waals surface area contributed by atoms with Crippen molar-refractivity contribution in [2.24, 2.45) is 0 Å². The lowest BCUT2D eigenvalue weighted by Crippen LogP contribution is -2.74. The molecule has 0 bridgehead atoms. The SMILES string of the molecule is [C-]#[N+]c1ccc(-c2ccc([Si](c3ccccc3)(c3ccccc3)c3ccccc3)cc2)c(-n2c3ccc(C#N)cc3c3cc([N+]#[C-])ccc32)c1. The first-order valence-electron chi connectivity index (χ1n) is 16.3. The molecule has 0 aliphatic heterocycles. The van der Waals surface area contributed by atoms with Crippen molar-refractivity contribution in [2.75, 3.05) is 0 Å². The third-order valence-corrected chi connectivity index (χ3v) is 14.4. The van der Waals surface area contributed by atoms with Crippen molar-refractivity contribution < 1.29 is 0 Å². The highest BCUT2D eigenvalue weighted by molar-refractivity contribution is 7.19. The fraction of sp³-hybridized carbons (Fsp3) is 0. The molecule has 232 valence electrons. The number of hydrogen-bond donors (Lipinski definition) is 0. The second-order valence-electron chi connectivity index (χ2n) is 12.2. The summed E-state index contributed by atoms with van der Waals surface area (Å²) in [5, 5.41) is 16.7. The summed E-state index contributed by atoms with van der Waals surface area (Å²) < 4.78 is 2.16. The third kappa shape index (κ3) is 4.88. The molecule has 8 aromatic rings. The summed E-state index contributed by atoms with van der Waals surface area (Å²) in [7, 11) is -2.69. The van der Waals surface area contributed by atoms with Crippen LogP contribution in [0.4, 0.5) is 11.4 Å². The smallest absolute Gasteiger partial charge is 0.189 e. The monoisotopic (exact) mass is 652 g/mol. The Hall–Kier alpha value is -6.97. The highest BCUT2D eigenvalue weighted by atomic mass is 28.3. The fourth-order valence-corrected chi connectivity index (χ4v) is 12.1. The van der Waals surface area contributed by atoms with Gasteiger partial charge in [0.05, 0.1) is 35.8 Å². The van der Waals surface area contributed by atoms with Crippen molar-refractivity contribution in [1.82, 2.24) is 4.57 Å². The molecule has 0 atom stereocenters. The van der Waals surface area contributed by atoms with E-state index in [4.69, 9.17) is 13.1 Å². The van der Waals surface area contributed by atoms with Gasteiger partial charge in [0, 0.05) is 16.6 Å². The molecule has 0 aliphatic carbocycles. The van der Waals surface area contributed by atoms with Crippen molar-refractivity contribution in [3.8, 4) is 22.9 Å². The maximum absolute atomic E-state index is 9.72. The molecule has 0 fully saturated rings. The van der Waals surface area contributed by atoms with Crippen molar-refractivity contribution in [3.63, 3.8) is 0 Å². The van der Waals surface area contributed by atoms with Gasteiger partial charge in [-0.15, -0.1) is 0 Å². The molecule has 50 heavy (non-hydrogen) atoms. The molecule has 7 aromatic carbocycles. The van der Waals surface area contributed by atoms with Gasteiger partial charge in [0.2, 0.25) is 0 Å². The summed E-state index contributed by atoms with van der Waals surface area (Å²) >= 11 is 0. The van der Waals surface area contributed by atoms with Crippen LogP contribution in [0.25, 0.3) is 48.3 Å². The molecule has 0 spiro atoms. The Morgan fingerprint density at radius 3 is 1.52 bits per heavy atom. The number of benzene rings is 7. The maximum atomic E-state index is 9.72. The molecule has 8 rings (SSSR count). The van der Waals surface area contributed by atoms with E-state index >= 15 is 0 Å². The molecule has 0 aliphatic rings. The van der Waals surface area contributed by atoms with Gasteiger partial charge in [-0.05, 0) is 68.1 Å². The summed E-state index contributed by atoms with van der Waals surface area (Å²) in [6, 6.07) is 61.1. The molecule has 0 N–H and O–H groups in total. The zero-order chi connectivity index (χ0) is 34.1. The molecular weight excluding hydrogens is 625 g/mol. The highest BCUT2D eigenvalue weighted by Crippen LogP contribution is 2.39. The Bertz CT molecular complexity index is 2490. The van der Waals surface area contributed by atoms with E-state index in [2.05, 4.69) is 136 Å². The van der Waals surface area contributed by atoms with Gasteiger partial charge >= 0.3 is 0 Å². The molecule has 0 saturated heterocycles. The Morgan fingerprint density at radius 1 is 0.500 bits per heavy atom. The lowest BCUT2D eigenvalue weighted by Gasteiger charge is -2.34. The van der Waals surface area contributed by atoms with E-state index in [1.165, 1.54) is 20.7 Å². The van der Waals surface area contributed by atoms with Crippen LogP contribution in [0.15, 0.2) is 170 Å². The average molecular weight is 653 g/mol. The lowest BCUT2D eigenvalue weighted by molar-refractivity contribution is 1.18. The number of hydrogen-bond acceptors (Lipinski definition) is 1. The van der Waals surface area contributed by atoms with Gasteiger partial charge in [-0.1, -0.05) is 133 Å². The molecule has 1 aromatic heterocycles. The summed E-state index contributed by atoms with van der Waals surface area (Å²) in [5.74, 6) is 0. The Labute approximate surface area is 292 Å². The Balaban J connectivity index is 1.37. The van der Waals surface area contributed by atoms with E-state index in [-0.39, 0.29) is 0 Å². The zero-order valence-corrected chi connectivity index (χ0v) is 28.0. The second-order valence-corrected chi connectivity index (χ2v) is 16.0. The third-order valence-electron chi connectivity index (χ3n) is 9.61. The normalized spacial score (nSPS) is 11.1. The van der Waals surface area contributed by atoms with Gasteiger partial charge < -0.3 is 4.57 Å². The largest absolute Gasteiger partial charge is 0.310 e. The molecule has 0 saturated carbocycles. The van der Waals surface area contributed by atoms with E-state index in [0.29, 0.717) is 16.9 Å². The van der Waals surface area contributed by atoms with Crippen molar-refractivity contribution >= 4 is 62.0 Å². The van der Waals surface area contributed by atoms with Gasteiger partial charge in [0.15, 0.2) is 19.4 Å². The first kappa shape index (κ1) is 30.4. The van der Waals surface area contributed by atoms with Gasteiger partial charge in [-0.25, -0.2) is 9.69 Å². The number of aromatic nitrogens is 1. The van der Waals surface area contributed by atoms with E-state index < -0.39 is 8.07 Å². The first-order valence-corrected chi connectivity index (χ1v) is 18.3. The Kier molecular flexibility index (Phi) is 7.63. The van der Waals surface area contributed by atoms with Crippen LogP contribution in [0.3, 0.4) is 0 Å². The highest BCUT2D eigenvalue weighted by Gasteiger charge is 2.41. The summed E-state index contributed by atoms with van der Waals surface area (Å²) in [6.07, 6.45) is 0. The minimum absolute atomic E-state index is 0.533. The minimum Gasteiger partial charge on any atom is -0.310 e. The van der Waals surface area contributed by atoms with Crippen LogP contribution in [0.1, 0.15) is 5.56 Å². The van der Waals surface area contributed by atoms with Crippen LogP contribution in [0.2, 0.25) is 0 Å². The topological polar surface area (TPSA) is 37.4 Å². The molecule has 1 heterocycles. The standard InChI is InChI=1S/C45H28N4Si/c1-47-34-22-27-44-42(29-34)41-28-32(31-46)18-26-43(41)49(44)45-30-35(48-2)21-25-40(45)33-19-23-39(24-20-33)50(36-12-6-3-7-13-36,37-14-8-4-9-15-37)38-16-10-5-11-17-38/h3-30H. The van der Waals surface area contributed by atoms with Crippen LogP contribution in [0, 0.1) is 24.5 Å². The molecule has 0 unspecified atom stereocenters. The van der Waals surface area contributed by atoms with Crippen molar-refractivity contribution in [1.29, 1.82) is 5.26 Å². The van der Waals surface area contributed by atoms with Gasteiger partial charge in [0.25, 0.3) is 0 Å². The van der Waals surface area contributed by atoms with Crippen LogP contribution in [-0.4, -0.2) is 12.6 Å². The number of nitriles is 1. The molecule has 0 radical (unpaired) electrons. The zero-order valence-electron chi connectivity index (χ0n) is 27.0. The number of nitrogens with zero attached hydrogens (tertiary/aromatic N) is 4. The quantitative estimate of drug-likeness (QED) is 0.101. The van der Waals surface area contributed by atoms with Crippen molar-refractivity contribution in [2.45, 2.75) is 0 Å². The van der Waals surface area contributed by atoms with Crippen molar-refractivity contribution in [3.05, 3.63) is 198 Å².